The summed E-state index contributed by atoms with van der Waals surface area (Å²) in [6.45, 7) is 57.9. The molecule has 0 N–H and O–H groups in total. The van der Waals surface area contributed by atoms with Crippen molar-refractivity contribution in [2.24, 2.45) is 22.7 Å². The minimum Gasteiger partial charge on any atom is -0.462 e. The molecule has 4 aromatic rings. The highest BCUT2D eigenvalue weighted by Gasteiger charge is 2.28. The number of rotatable bonds is 7. The van der Waals surface area contributed by atoms with Crippen LogP contribution in [0, 0.1) is 85.0 Å². The van der Waals surface area contributed by atoms with Crippen LogP contribution in [0.2, 0.25) is 0 Å². The average Bonchev–Trinajstić information content (AvgIpc) is 3.34. The van der Waals surface area contributed by atoms with E-state index in [0.717, 1.165) is 42.3 Å². The van der Waals surface area contributed by atoms with Crippen LogP contribution in [0.15, 0.2) is 72.3 Å². The molecule has 76 heavy (non-hydrogen) atoms. The normalized spacial score (nSPS) is 12.8. The molecule has 1 aliphatic rings. The number of aromatic nitrogens is 3. The third-order valence-electron chi connectivity index (χ3n) is 12.6. The summed E-state index contributed by atoms with van der Waals surface area (Å²) in [5.41, 5.74) is 11.8. The maximum Gasteiger partial charge on any atom is 0.338 e. The SMILES string of the molecule is CC1CCCCC1(C)C.CC=C(C)C.CCC(C)(C)C.CCC(C)C.CCC(C)OC.CCOC.CCOC(=O)c1ccc(C(C)=O)cc1.Cc1cc(C)cc(C)c1.Cc1ccc(C)c(C)c1.Cc1nc(C)nc(C)n1. The van der Waals surface area contributed by atoms with Gasteiger partial charge in [0.05, 0.1) is 18.3 Å². The van der Waals surface area contributed by atoms with Gasteiger partial charge in [0.15, 0.2) is 5.78 Å². The fourth-order valence-electron chi connectivity index (χ4n) is 5.76. The van der Waals surface area contributed by atoms with Crippen molar-refractivity contribution in [1.82, 2.24) is 15.0 Å². The van der Waals surface area contributed by atoms with Gasteiger partial charge >= 0.3 is 5.97 Å². The third-order valence-corrected chi connectivity index (χ3v) is 12.6. The molecule has 0 radical (unpaired) electrons. The van der Waals surface area contributed by atoms with E-state index in [0.29, 0.717) is 34.7 Å². The maximum absolute atomic E-state index is 11.2. The summed E-state index contributed by atoms with van der Waals surface area (Å²) in [4.78, 5) is 34.2. The van der Waals surface area contributed by atoms with E-state index in [4.69, 9.17) is 9.47 Å². The van der Waals surface area contributed by atoms with Gasteiger partial charge in [0, 0.05) is 26.4 Å². The van der Waals surface area contributed by atoms with Gasteiger partial charge in [0.25, 0.3) is 0 Å². The first kappa shape index (κ1) is 80.3. The van der Waals surface area contributed by atoms with Gasteiger partial charge in [0.1, 0.15) is 17.5 Å². The number of aryl methyl sites for hydroxylation is 9. The predicted octanol–water partition coefficient (Wildman–Crippen LogP) is 19.9. The van der Waals surface area contributed by atoms with Crippen LogP contribution in [0.25, 0.3) is 0 Å². The zero-order chi connectivity index (χ0) is 60.2. The number of ketones is 1. The van der Waals surface area contributed by atoms with Crippen LogP contribution in [0.3, 0.4) is 0 Å². The van der Waals surface area contributed by atoms with E-state index in [2.05, 4.69) is 201 Å². The van der Waals surface area contributed by atoms with E-state index < -0.39 is 0 Å². The molecular weight excluding hydrogens is 939 g/mol. The number of methoxy groups -OCH3 is 2. The molecule has 2 atom stereocenters. The summed E-state index contributed by atoms with van der Waals surface area (Å²) >= 11 is 0. The fraction of sp³-hybridized carbons (Fsp3) is 0.632. The lowest BCUT2D eigenvalue weighted by Gasteiger charge is -2.36. The Hall–Kier alpha value is -4.53. The fourth-order valence-corrected chi connectivity index (χ4v) is 5.76. The Morgan fingerprint density at radius 3 is 1.26 bits per heavy atom. The lowest BCUT2D eigenvalue weighted by Crippen LogP contribution is -2.24. The highest BCUT2D eigenvalue weighted by atomic mass is 16.5. The Bertz CT molecular complexity index is 1920. The number of hydrogen-bond donors (Lipinski definition) is 0. The Morgan fingerprint density at radius 1 is 0.645 bits per heavy atom. The van der Waals surface area contributed by atoms with Crippen LogP contribution < -0.4 is 0 Å². The molecule has 1 saturated carbocycles. The number of Topliss-reactive ketones (excluding diaryl/α,β-unsaturated/α-hetero) is 1. The van der Waals surface area contributed by atoms with Crippen molar-refractivity contribution in [1.29, 1.82) is 0 Å². The molecule has 0 spiro atoms. The lowest BCUT2D eigenvalue weighted by atomic mass is 9.70. The minimum absolute atomic E-state index is 0.0135. The number of carbonyl (C=O) groups excluding carboxylic acids is 2. The van der Waals surface area contributed by atoms with Gasteiger partial charge in [0.2, 0.25) is 0 Å². The predicted molar refractivity (Wildman–Crippen MR) is 333 cm³/mol. The number of nitrogens with zero attached hydrogens (tertiary/aromatic N) is 3. The summed E-state index contributed by atoms with van der Waals surface area (Å²) in [6.07, 6.45) is 12.0. The number of hydrogen-bond acceptors (Lipinski definition) is 8. The number of esters is 1. The lowest BCUT2D eigenvalue weighted by molar-refractivity contribution is 0.0526. The van der Waals surface area contributed by atoms with Gasteiger partial charge in [-0.3, -0.25) is 4.79 Å². The van der Waals surface area contributed by atoms with E-state index in [1.54, 1.807) is 45.4 Å². The summed E-state index contributed by atoms with van der Waals surface area (Å²) in [7, 11) is 3.41. The van der Waals surface area contributed by atoms with Gasteiger partial charge < -0.3 is 14.2 Å². The van der Waals surface area contributed by atoms with Crippen LogP contribution in [-0.2, 0) is 14.2 Å². The molecule has 436 valence electrons. The van der Waals surface area contributed by atoms with Gasteiger partial charge in [-0.05, 0) is 170 Å². The highest BCUT2D eigenvalue weighted by Crippen LogP contribution is 2.39. The van der Waals surface area contributed by atoms with Crippen molar-refractivity contribution in [3.63, 3.8) is 0 Å². The third kappa shape index (κ3) is 51.6. The molecule has 1 fully saturated rings. The molecule has 8 nitrogen and oxygen atoms in total. The van der Waals surface area contributed by atoms with Crippen LogP contribution in [0.4, 0.5) is 0 Å². The highest BCUT2D eigenvalue weighted by molar-refractivity contribution is 5.96. The van der Waals surface area contributed by atoms with Crippen LogP contribution in [0.1, 0.15) is 241 Å². The van der Waals surface area contributed by atoms with Crippen molar-refractivity contribution < 1.29 is 23.8 Å². The van der Waals surface area contributed by atoms with Gasteiger partial charge in [-0.15, -0.1) is 0 Å². The number of carbonyl (C=O) groups is 2. The van der Waals surface area contributed by atoms with E-state index in [1.165, 1.54) is 84.4 Å². The maximum atomic E-state index is 11.2. The van der Waals surface area contributed by atoms with E-state index in [-0.39, 0.29) is 11.8 Å². The van der Waals surface area contributed by atoms with Crippen molar-refractivity contribution >= 4 is 11.8 Å². The molecule has 1 aromatic heterocycles. The van der Waals surface area contributed by atoms with Crippen LogP contribution >= 0.6 is 0 Å². The topological polar surface area (TPSA) is 100 Å². The molecule has 0 aliphatic heterocycles. The molecule has 0 bridgehead atoms. The molecule has 0 saturated heterocycles. The quantitative estimate of drug-likeness (QED) is 0.102. The minimum atomic E-state index is -0.359. The van der Waals surface area contributed by atoms with Crippen molar-refractivity contribution in [3.05, 3.63) is 134 Å². The molecular formula is C68H119N3O5. The molecule has 1 aliphatic carbocycles. The van der Waals surface area contributed by atoms with Crippen molar-refractivity contribution in [3.8, 4) is 0 Å². The second-order valence-corrected chi connectivity index (χ2v) is 22.3. The zero-order valence-electron chi connectivity index (χ0n) is 54.8. The largest absolute Gasteiger partial charge is 0.462 e. The number of benzene rings is 3. The Labute approximate surface area is 470 Å². The molecule has 8 heteroatoms. The Balaban J connectivity index is -0.000000251. The molecule has 3 aromatic carbocycles. The van der Waals surface area contributed by atoms with Crippen molar-refractivity contribution in [2.75, 3.05) is 27.4 Å². The van der Waals surface area contributed by atoms with Crippen LogP contribution in [0.5, 0.6) is 0 Å². The Morgan fingerprint density at radius 2 is 1.04 bits per heavy atom. The first-order chi connectivity index (χ1) is 35.2. The van der Waals surface area contributed by atoms with E-state index >= 15 is 0 Å². The van der Waals surface area contributed by atoms with Crippen LogP contribution in [-0.4, -0.2) is 60.2 Å². The average molecular weight is 1060 g/mol. The molecule has 5 rings (SSSR count). The van der Waals surface area contributed by atoms with Gasteiger partial charge in [-0.1, -0.05) is 191 Å². The molecule has 0 amide bonds. The summed E-state index contributed by atoms with van der Waals surface area (Å²) in [5, 5.41) is 0. The van der Waals surface area contributed by atoms with E-state index in [1.807, 2.05) is 34.6 Å². The Kier molecular flexibility index (Phi) is 50.4. The second-order valence-electron chi connectivity index (χ2n) is 22.3. The van der Waals surface area contributed by atoms with E-state index in [9.17, 15) is 9.59 Å². The zero-order valence-corrected chi connectivity index (χ0v) is 54.8. The first-order valence-corrected chi connectivity index (χ1v) is 28.3. The first-order valence-electron chi connectivity index (χ1n) is 28.3. The van der Waals surface area contributed by atoms with Crippen molar-refractivity contribution in [2.45, 2.75) is 238 Å². The molecule has 1 heterocycles. The monoisotopic (exact) mass is 1060 g/mol. The second kappa shape index (κ2) is 47.7. The van der Waals surface area contributed by atoms with Gasteiger partial charge in [-0.25, -0.2) is 19.7 Å². The molecule has 2 unspecified atom stereocenters. The van der Waals surface area contributed by atoms with Gasteiger partial charge in [-0.2, -0.15) is 0 Å². The summed E-state index contributed by atoms with van der Waals surface area (Å²) < 4.78 is 14.2. The smallest absolute Gasteiger partial charge is 0.338 e. The summed E-state index contributed by atoms with van der Waals surface area (Å²) in [6, 6.07) is 19.5. The standard InChI is InChI=1S/C11H12O3.2C9H12.C9H18.C6H9N3.C6H14.C5H12O.C5H12.C5H10.C3H8O/c1-3-14-11(13)10-6-4-9(5-7-10)8(2)12;1-7-4-8(2)6-9(3)5-7;1-7-4-5-8(2)9(3)6-7;1-8-6-4-5-7-9(8,2)3;1-4-7-5(2)9-6(3)8-4;1-5-6(2,3)4;1-4-5(2)6-3;2*1-4-5(2)3;1-3-4-2/h4-7H,3H2,1-2H3;2*4-6H,1-3H3;8H,4-7H2,1-3H3;1-3H3;5H2,1-4H3;5H,4H2,1-3H3;5H,4H2,1-3H3;4H,1-3H3;3H2,1-2H3. The summed E-state index contributed by atoms with van der Waals surface area (Å²) in [5.74, 6) is 3.84. The number of allylic oxidation sites excluding steroid dienone is 2. The number of ether oxygens (including phenoxy) is 3.